The van der Waals surface area contributed by atoms with Crippen LogP contribution in [0, 0.1) is 11.3 Å². The zero-order valence-corrected chi connectivity index (χ0v) is 10.5. The minimum Gasteiger partial charge on any atom is -0.253 e. The zero-order valence-electron chi connectivity index (χ0n) is 10.5. The van der Waals surface area contributed by atoms with Gasteiger partial charge in [-0.3, -0.25) is 9.97 Å². The predicted molar refractivity (Wildman–Crippen MR) is 72.1 cm³/mol. The van der Waals surface area contributed by atoms with Crippen molar-refractivity contribution in [3.05, 3.63) is 48.8 Å². The van der Waals surface area contributed by atoms with Gasteiger partial charge in [-0.25, -0.2) is 9.67 Å². The van der Waals surface area contributed by atoms with E-state index in [2.05, 4.69) is 26.1 Å². The Bertz CT molecular complexity index is 742. The van der Waals surface area contributed by atoms with E-state index in [1.807, 2.05) is 36.4 Å². The number of hydrogen-bond acceptors (Lipinski definition) is 5. The molecule has 0 N–H and O–H groups in total. The van der Waals surface area contributed by atoms with Gasteiger partial charge in [0.25, 0.3) is 0 Å². The predicted octanol–water partition coefficient (Wildman–Crippen LogP) is 1.93. The first kappa shape index (κ1) is 12.0. The Morgan fingerprint density at radius 2 is 1.70 bits per heavy atom. The Kier molecular flexibility index (Phi) is 3.17. The third-order valence-corrected chi connectivity index (χ3v) is 2.68. The maximum absolute atomic E-state index is 8.90. The van der Waals surface area contributed by atoms with Gasteiger partial charge in [0, 0.05) is 12.4 Å². The second-order valence-electron chi connectivity index (χ2n) is 4.00. The van der Waals surface area contributed by atoms with Crippen molar-refractivity contribution in [1.82, 2.24) is 24.7 Å². The molecule has 0 aliphatic carbocycles. The molecule has 0 amide bonds. The van der Waals surface area contributed by atoms with Gasteiger partial charge < -0.3 is 0 Å². The number of aromatic nitrogens is 5. The molecule has 0 spiro atoms. The molecule has 20 heavy (non-hydrogen) atoms. The zero-order chi connectivity index (χ0) is 13.8. The topological polar surface area (TPSA) is 80.3 Å². The van der Waals surface area contributed by atoms with E-state index >= 15 is 0 Å². The SMILES string of the molecule is N#CCn1nc(-c2ccccn2)nc1-c1ccccn1. The van der Waals surface area contributed by atoms with Crippen LogP contribution in [-0.2, 0) is 6.54 Å². The first-order valence-electron chi connectivity index (χ1n) is 6.03. The lowest BCUT2D eigenvalue weighted by atomic mass is 10.3. The molecule has 3 aromatic heterocycles. The molecular formula is C14H10N6. The van der Waals surface area contributed by atoms with E-state index < -0.39 is 0 Å². The highest BCUT2D eigenvalue weighted by atomic mass is 15.4. The number of nitrogens with zero attached hydrogens (tertiary/aromatic N) is 6. The highest BCUT2D eigenvalue weighted by Gasteiger charge is 2.14. The van der Waals surface area contributed by atoms with Gasteiger partial charge >= 0.3 is 0 Å². The van der Waals surface area contributed by atoms with Crippen molar-refractivity contribution in [2.45, 2.75) is 6.54 Å². The third kappa shape index (κ3) is 2.24. The van der Waals surface area contributed by atoms with Gasteiger partial charge in [0.2, 0.25) is 0 Å². The smallest absolute Gasteiger partial charge is 0.200 e. The maximum atomic E-state index is 8.90. The summed E-state index contributed by atoms with van der Waals surface area (Å²) in [7, 11) is 0. The van der Waals surface area contributed by atoms with Crippen molar-refractivity contribution in [2.24, 2.45) is 0 Å². The van der Waals surface area contributed by atoms with Crippen molar-refractivity contribution < 1.29 is 0 Å². The van der Waals surface area contributed by atoms with Crippen LogP contribution in [0.1, 0.15) is 0 Å². The average Bonchev–Trinajstić information content (AvgIpc) is 2.94. The van der Waals surface area contributed by atoms with Gasteiger partial charge in [-0.05, 0) is 24.3 Å². The monoisotopic (exact) mass is 262 g/mol. The van der Waals surface area contributed by atoms with E-state index in [0.29, 0.717) is 23.0 Å². The lowest BCUT2D eigenvalue weighted by Crippen LogP contribution is -2.01. The van der Waals surface area contributed by atoms with Crippen LogP contribution in [0.2, 0.25) is 0 Å². The fraction of sp³-hybridized carbons (Fsp3) is 0.0714. The first-order chi connectivity index (χ1) is 9.88. The van der Waals surface area contributed by atoms with E-state index in [-0.39, 0.29) is 6.54 Å². The van der Waals surface area contributed by atoms with Crippen LogP contribution >= 0.6 is 0 Å². The lowest BCUT2D eigenvalue weighted by molar-refractivity contribution is 0.716. The van der Waals surface area contributed by atoms with Crippen LogP contribution in [0.4, 0.5) is 0 Å². The Morgan fingerprint density at radius 1 is 1.00 bits per heavy atom. The number of rotatable bonds is 3. The largest absolute Gasteiger partial charge is 0.253 e. The Labute approximate surface area is 115 Å². The van der Waals surface area contributed by atoms with Crippen molar-refractivity contribution in [1.29, 1.82) is 5.26 Å². The number of hydrogen-bond donors (Lipinski definition) is 0. The second-order valence-corrected chi connectivity index (χ2v) is 4.00. The Balaban J connectivity index is 2.11. The summed E-state index contributed by atoms with van der Waals surface area (Å²) in [5.74, 6) is 1.05. The molecule has 6 heteroatoms. The van der Waals surface area contributed by atoms with Gasteiger partial charge in [-0.2, -0.15) is 5.26 Å². The minimum absolute atomic E-state index is 0.117. The molecular weight excluding hydrogens is 252 g/mol. The maximum Gasteiger partial charge on any atom is 0.200 e. The van der Waals surface area contributed by atoms with Crippen LogP contribution in [0.25, 0.3) is 23.0 Å². The third-order valence-electron chi connectivity index (χ3n) is 2.68. The van der Waals surface area contributed by atoms with Gasteiger partial charge in [-0.15, -0.1) is 5.10 Å². The molecule has 3 aromatic rings. The van der Waals surface area contributed by atoms with E-state index in [1.165, 1.54) is 4.68 Å². The summed E-state index contributed by atoms with van der Waals surface area (Å²) in [6, 6.07) is 13.1. The quantitative estimate of drug-likeness (QED) is 0.720. The molecule has 0 aliphatic heterocycles. The van der Waals surface area contributed by atoms with Gasteiger partial charge in [0.1, 0.15) is 17.9 Å². The summed E-state index contributed by atoms with van der Waals surface area (Å²) in [5.41, 5.74) is 1.35. The normalized spacial score (nSPS) is 10.2. The lowest BCUT2D eigenvalue weighted by Gasteiger charge is -1.99. The van der Waals surface area contributed by atoms with Crippen LogP contribution in [0.5, 0.6) is 0 Å². The highest BCUT2D eigenvalue weighted by molar-refractivity contribution is 5.56. The molecule has 0 aromatic carbocycles. The van der Waals surface area contributed by atoms with Crippen molar-refractivity contribution in [3.63, 3.8) is 0 Å². The molecule has 0 bridgehead atoms. The van der Waals surface area contributed by atoms with Crippen LogP contribution < -0.4 is 0 Å². The van der Waals surface area contributed by atoms with Crippen molar-refractivity contribution in [2.75, 3.05) is 0 Å². The molecule has 3 heterocycles. The van der Waals surface area contributed by atoms with Crippen molar-refractivity contribution in [3.8, 4) is 29.1 Å². The van der Waals surface area contributed by atoms with Crippen LogP contribution in [0.15, 0.2) is 48.8 Å². The Morgan fingerprint density at radius 3 is 2.30 bits per heavy atom. The molecule has 0 aliphatic rings. The molecule has 0 radical (unpaired) electrons. The van der Waals surface area contributed by atoms with E-state index in [4.69, 9.17) is 5.26 Å². The molecule has 0 saturated carbocycles. The molecule has 3 rings (SSSR count). The molecule has 0 fully saturated rings. The van der Waals surface area contributed by atoms with Gasteiger partial charge in [-0.1, -0.05) is 12.1 Å². The van der Waals surface area contributed by atoms with Gasteiger partial charge in [0.15, 0.2) is 11.6 Å². The van der Waals surface area contributed by atoms with E-state index in [0.717, 1.165) is 0 Å². The van der Waals surface area contributed by atoms with E-state index in [1.54, 1.807) is 12.4 Å². The molecule has 0 saturated heterocycles. The van der Waals surface area contributed by atoms with Crippen LogP contribution in [0.3, 0.4) is 0 Å². The summed E-state index contributed by atoms with van der Waals surface area (Å²) in [5, 5.41) is 13.2. The summed E-state index contributed by atoms with van der Waals surface area (Å²) < 4.78 is 1.53. The van der Waals surface area contributed by atoms with Crippen LogP contribution in [-0.4, -0.2) is 24.7 Å². The first-order valence-corrected chi connectivity index (χ1v) is 6.03. The summed E-state index contributed by atoms with van der Waals surface area (Å²) in [6.07, 6.45) is 3.36. The summed E-state index contributed by atoms with van der Waals surface area (Å²) in [6.45, 7) is 0.117. The number of nitriles is 1. The molecule has 6 nitrogen and oxygen atoms in total. The highest BCUT2D eigenvalue weighted by Crippen LogP contribution is 2.19. The number of pyridine rings is 2. The average molecular weight is 262 g/mol. The second kappa shape index (κ2) is 5.28. The molecule has 96 valence electrons. The summed E-state index contributed by atoms with van der Waals surface area (Å²) in [4.78, 5) is 12.9. The van der Waals surface area contributed by atoms with Gasteiger partial charge in [0.05, 0.1) is 6.07 Å². The minimum atomic E-state index is 0.117. The fourth-order valence-corrected chi connectivity index (χ4v) is 1.81. The summed E-state index contributed by atoms with van der Waals surface area (Å²) >= 11 is 0. The molecule has 0 unspecified atom stereocenters. The molecule has 0 atom stereocenters. The van der Waals surface area contributed by atoms with Crippen molar-refractivity contribution >= 4 is 0 Å². The standard InChI is InChI=1S/C14H10N6/c15-7-10-20-14(12-6-2-4-9-17-12)18-13(19-20)11-5-1-3-8-16-11/h1-6,8-9H,10H2. The fourth-order valence-electron chi connectivity index (χ4n) is 1.81. The van der Waals surface area contributed by atoms with E-state index in [9.17, 15) is 0 Å². The Hall–Kier alpha value is -3.07.